The van der Waals surface area contributed by atoms with Crippen LogP contribution in [0.2, 0.25) is 5.02 Å². The first-order chi connectivity index (χ1) is 8.36. The van der Waals surface area contributed by atoms with Crippen LogP contribution in [0.3, 0.4) is 0 Å². The van der Waals surface area contributed by atoms with E-state index >= 15 is 0 Å². The fourth-order valence-corrected chi connectivity index (χ4v) is 2.42. The Morgan fingerprint density at radius 3 is 2.78 bits per heavy atom. The third kappa shape index (κ3) is 4.26. The van der Waals surface area contributed by atoms with E-state index in [4.69, 9.17) is 17.3 Å². The summed E-state index contributed by atoms with van der Waals surface area (Å²) < 4.78 is 0.914. The second-order valence-electron chi connectivity index (χ2n) is 4.59. The molecule has 1 unspecified atom stereocenters. The van der Waals surface area contributed by atoms with Gasteiger partial charge in [-0.3, -0.25) is 4.79 Å². The maximum absolute atomic E-state index is 11.9. The highest BCUT2D eigenvalue weighted by atomic mass is 79.9. The minimum Gasteiger partial charge on any atom is -0.350 e. The van der Waals surface area contributed by atoms with E-state index in [2.05, 4.69) is 21.2 Å². The molecule has 1 amide bonds. The van der Waals surface area contributed by atoms with Gasteiger partial charge in [-0.25, -0.2) is 0 Å². The van der Waals surface area contributed by atoms with Crippen molar-refractivity contribution in [1.82, 2.24) is 5.32 Å². The molecular formula is C13H18BrClN2O. The van der Waals surface area contributed by atoms with Crippen LogP contribution in [0, 0.1) is 0 Å². The number of halogens is 2. The normalized spacial score (nSPS) is 14.1. The Labute approximate surface area is 121 Å². The van der Waals surface area contributed by atoms with E-state index in [1.165, 1.54) is 0 Å². The lowest BCUT2D eigenvalue weighted by atomic mass is 9.96. The summed E-state index contributed by atoms with van der Waals surface area (Å²) in [7, 11) is 0. The molecule has 0 aliphatic heterocycles. The summed E-state index contributed by atoms with van der Waals surface area (Å²) in [5.41, 5.74) is 6.00. The van der Waals surface area contributed by atoms with Crippen molar-refractivity contribution >= 4 is 33.4 Å². The lowest BCUT2D eigenvalue weighted by molar-refractivity contribution is -0.126. The molecule has 18 heavy (non-hydrogen) atoms. The highest BCUT2D eigenvalue weighted by molar-refractivity contribution is 9.10. The average Bonchev–Trinajstić information content (AvgIpc) is 2.27. The zero-order valence-electron chi connectivity index (χ0n) is 10.6. The van der Waals surface area contributed by atoms with E-state index in [9.17, 15) is 4.79 Å². The number of nitrogens with one attached hydrogen (secondary N) is 1. The Bertz CT molecular complexity index is 435. The summed E-state index contributed by atoms with van der Waals surface area (Å²) >= 11 is 9.41. The summed E-state index contributed by atoms with van der Waals surface area (Å²) in [6, 6.07) is 5.57. The summed E-state index contributed by atoms with van der Waals surface area (Å²) in [5, 5.41) is 3.44. The van der Waals surface area contributed by atoms with Gasteiger partial charge in [-0.2, -0.15) is 0 Å². The van der Waals surface area contributed by atoms with Gasteiger partial charge in [-0.1, -0.05) is 46.9 Å². The Morgan fingerprint density at radius 1 is 1.56 bits per heavy atom. The highest BCUT2D eigenvalue weighted by Crippen LogP contribution is 2.21. The van der Waals surface area contributed by atoms with Crippen LogP contribution in [0.1, 0.15) is 32.3 Å². The number of carbonyl (C=O) groups is 1. The predicted octanol–water partition coefficient (Wildman–Crippen LogP) is 3.24. The molecule has 0 aliphatic rings. The number of benzene rings is 1. The highest BCUT2D eigenvalue weighted by Gasteiger charge is 2.26. The van der Waals surface area contributed by atoms with Crippen molar-refractivity contribution in [2.45, 2.75) is 38.8 Å². The molecule has 0 aromatic heterocycles. The van der Waals surface area contributed by atoms with Gasteiger partial charge >= 0.3 is 0 Å². The molecule has 100 valence electrons. The zero-order chi connectivity index (χ0) is 13.8. The summed E-state index contributed by atoms with van der Waals surface area (Å²) in [6.07, 6.45) is 1.53. The van der Waals surface area contributed by atoms with Gasteiger partial charge in [-0.05, 0) is 31.0 Å². The van der Waals surface area contributed by atoms with Crippen molar-refractivity contribution in [2.75, 3.05) is 0 Å². The van der Waals surface area contributed by atoms with Gasteiger partial charge in [0, 0.05) is 16.0 Å². The van der Waals surface area contributed by atoms with E-state index in [-0.39, 0.29) is 5.91 Å². The maximum Gasteiger partial charge on any atom is 0.240 e. The molecule has 0 saturated heterocycles. The fourth-order valence-electron chi connectivity index (χ4n) is 1.68. The number of rotatable bonds is 5. The lowest BCUT2D eigenvalue weighted by Gasteiger charge is -2.23. The Kier molecular flexibility index (Phi) is 5.63. The first-order valence-corrected chi connectivity index (χ1v) is 7.05. The molecule has 0 saturated carbocycles. The van der Waals surface area contributed by atoms with Gasteiger partial charge in [0.2, 0.25) is 5.91 Å². The SMILES string of the molecule is CCCC(C)(N)C(=O)NCc1ccc(Br)cc1Cl. The number of hydrogen-bond acceptors (Lipinski definition) is 2. The van der Waals surface area contributed by atoms with Crippen molar-refractivity contribution < 1.29 is 4.79 Å². The number of carbonyl (C=O) groups excluding carboxylic acids is 1. The fraction of sp³-hybridized carbons (Fsp3) is 0.462. The van der Waals surface area contributed by atoms with E-state index in [1.54, 1.807) is 13.0 Å². The molecule has 5 heteroatoms. The Morgan fingerprint density at radius 2 is 2.22 bits per heavy atom. The van der Waals surface area contributed by atoms with Crippen LogP contribution < -0.4 is 11.1 Å². The average molecular weight is 334 g/mol. The Hall–Kier alpha value is -0.580. The van der Waals surface area contributed by atoms with E-state index in [1.807, 2.05) is 19.1 Å². The maximum atomic E-state index is 11.9. The van der Waals surface area contributed by atoms with Crippen LogP contribution in [0.15, 0.2) is 22.7 Å². The third-order valence-corrected chi connectivity index (χ3v) is 3.59. The number of amides is 1. The topological polar surface area (TPSA) is 55.1 Å². The van der Waals surface area contributed by atoms with E-state index < -0.39 is 5.54 Å². The molecule has 1 atom stereocenters. The standard InChI is InChI=1S/C13H18BrClN2O/c1-3-6-13(2,16)12(18)17-8-9-4-5-10(14)7-11(9)15/h4-5,7H,3,6,8,16H2,1-2H3,(H,17,18). The van der Waals surface area contributed by atoms with Crippen molar-refractivity contribution in [3.8, 4) is 0 Å². The monoisotopic (exact) mass is 332 g/mol. The van der Waals surface area contributed by atoms with E-state index in [0.717, 1.165) is 16.5 Å². The first-order valence-electron chi connectivity index (χ1n) is 5.88. The first kappa shape index (κ1) is 15.5. The quantitative estimate of drug-likeness (QED) is 0.869. The van der Waals surface area contributed by atoms with Crippen molar-refractivity contribution in [1.29, 1.82) is 0 Å². The van der Waals surface area contributed by atoms with Gasteiger partial charge in [0.1, 0.15) is 0 Å². The van der Waals surface area contributed by atoms with Crippen LogP contribution in [-0.4, -0.2) is 11.4 Å². The van der Waals surface area contributed by atoms with Gasteiger partial charge in [0.05, 0.1) is 5.54 Å². The van der Waals surface area contributed by atoms with Crippen LogP contribution in [0.4, 0.5) is 0 Å². The molecule has 3 nitrogen and oxygen atoms in total. The summed E-state index contributed by atoms with van der Waals surface area (Å²) in [6.45, 7) is 4.14. The second kappa shape index (κ2) is 6.55. The zero-order valence-corrected chi connectivity index (χ0v) is 12.9. The van der Waals surface area contributed by atoms with Crippen LogP contribution in [0.25, 0.3) is 0 Å². The van der Waals surface area contributed by atoms with Crippen LogP contribution >= 0.6 is 27.5 Å². The molecular weight excluding hydrogens is 316 g/mol. The minimum absolute atomic E-state index is 0.150. The van der Waals surface area contributed by atoms with Crippen molar-refractivity contribution in [2.24, 2.45) is 5.73 Å². The molecule has 0 aliphatic carbocycles. The molecule has 0 spiro atoms. The summed E-state index contributed by atoms with van der Waals surface area (Å²) in [5.74, 6) is -0.150. The second-order valence-corrected chi connectivity index (χ2v) is 5.91. The van der Waals surface area contributed by atoms with E-state index in [0.29, 0.717) is 18.0 Å². The molecule has 0 heterocycles. The molecule has 0 bridgehead atoms. The van der Waals surface area contributed by atoms with Crippen molar-refractivity contribution in [3.05, 3.63) is 33.3 Å². The number of nitrogens with two attached hydrogens (primary N) is 1. The lowest BCUT2D eigenvalue weighted by Crippen LogP contribution is -2.51. The van der Waals surface area contributed by atoms with Gasteiger partial charge < -0.3 is 11.1 Å². The van der Waals surface area contributed by atoms with Crippen molar-refractivity contribution in [3.63, 3.8) is 0 Å². The molecule has 0 fully saturated rings. The van der Waals surface area contributed by atoms with Crippen LogP contribution in [0.5, 0.6) is 0 Å². The smallest absolute Gasteiger partial charge is 0.240 e. The molecule has 1 aromatic carbocycles. The van der Waals surface area contributed by atoms with Gasteiger partial charge in [0.15, 0.2) is 0 Å². The molecule has 1 rings (SSSR count). The molecule has 1 aromatic rings. The van der Waals surface area contributed by atoms with Gasteiger partial charge in [0.25, 0.3) is 0 Å². The van der Waals surface area contributed by atoms with Crippen LogP contribution in [-0.2, 0) is 11.3 Å². The Balaban J connectivity index is 2.62. The predicted molar refractivity (Wildman–Crippen MR) is 78.5 cm³/mol. The number of hydrogen-bond donors (Lipinski definition) is 2. The van der Waals surface area contributed by atoms with Gasteiger partial charge in [-0.15, -0.1) is 0 Å². The minimum atomic E-state index is -0.823. The molecule has 0 radical (unpaired) electrons. The largest absolute Gasteiger partial charge is 0.350 e. The third-order valence-electron chi connectivity index (χ3n) is 2.74. The molecule has 3 N–H and O–H groups in total. The summed E-state index contributed by atoms with van der Waals surface area (Å²) in [4.78, 5) is 11.9.